The maximum absolute atomic E-state index is 11.0. The molecular weight excluding hydrogens is 280 g/mol. The van der Waals surface area contributed by atoms with E-state index in [4.69, 9.17) is 4.74 Å². The van der Waals surface area contributed by atoms with Crippen molar-refractivity contribution in [1.82, 2.24) is 9.97 Å². The molecule has 1 aromatic heterocycles. The third-order valence-corrected chi connectivity index (χ3v) is 4.01. The molecule has 20 heavy (non-hydrogen) atoms. The highest BCUT2D eigenvalue weighted by Gasteiger charge is 2.21. The topological polar surface area (TPSA) is 90.2 Å². The van der Waals surface area contributed by atoms with Gasteiger partial charge >= 0.3 is 5.69 Å². The molecule has 0 amide bonds. The Balaban J connectivity index is 2.06. The van der Waals surface area contributed by atoms with Gasteiger partial charge < -0.3 is 10.1 Å². The van der Waals surface area contributed by atoms with Gasteiger partial charge in [-0.15, -0.1) is 0 Å². The fraction of sp³-hybridized carbons (Fsp3) is 0.667. The number of ether oxygens (including phenoxy) is 1. The molecule has 1 aliphatic rings. The van der Waals surface area contributed by atoms with E-state index in [0.29, 0.717) is 16.7 Å². The Morgan fingerprint density at radius 1 is 1.65 bits per heavy atom. The molecule has 0 saturated carbocycles. The summed E-state index contributed by atoms with van der Waals surface area (Å²) in [5.41, 5.74) is -0.0463. The zero-order chi connectivity index (χ0) is 14.4. The van der Waals surface area contributed by atoms with Gasteiger partial charge in [-0.1, -0.05) is 18.7 Å². The molecule has 2 rings (SSSR count). The number of hydrogen-bond donors (Lipinski definition) is 1. The number of thioether (sulfide) groups is 1. The number of anilines is 1. The molecule has 0 radical (unpaired) electrons. The van der Waals surface area contributed by atoms with Crippen molar-refractivity contribution in [3.63, 3.8) is 0 Å². The Morgan fingerprint density at radius 3 is 3.15 bits per heavy atom. The van der Waals surface area contributed by atoms with Crippen molar-refractivity contribution in [2.75, 3.05) is 24.2 Å². The molecule has 0 aliphatic carbocycles. The summed E-state index contributed by atoms with van der Waals surface area (Å²) < 4.78 is 5.52. The van der Waals surface area contributed by atoms with E-state index >= 15 is 0 Å². The molecule has 1 fully saturated rings. The van der Waals surface area contributed by atoms with Gasteiger partial charge in [-0.05, 0) is 19.3 Å². The predicted octanol–water partition coefficient (Wildman–Crippen LogP) is 2.48. The summed E-state index contributed by atoms with van der Waals surface area (Å²) in [7, 11) is 0. The van der Waals surface area contributed by atoms with E-state index in [1.54, 1.807) is 0 Å². The first-order valence-electron chi connectivity index (χ1n) is 6.70. The molecule has 0 bridgehead atoms. The van der Waals surface area contributed by atoms with E-state index in [1.807, 2.05) is 6.92 Å². The second-order valence-electron chi connectivity index (χ2n) is 4.51. The summed E-state index contributed by atoms with van der Waals surface area (Å²) in [6.45, 7) is 3.56. The Bertz CT molecular complexity index is 466. The lowest BCUT2D eigenvalue weighted by Gasteiger charge is -2.09. The van der Waals surface area contributed by atoms with E-state index in [-0.39, 0.29) is 11.8 Å². The average Bonchev–Trinajstić information content (AvgIpc) is 2.96. The standard InChI is InChI=1S/C12H18N4O3S/c1-2-5-13-12-14-7-10(16(17)18)11(15-12)20-8-9-4-3-6-19-9/h7,9H,2-6,8H2,1H3,(H,13,14,15). The zero-order valence-corrected chi connectivity index (χ0v) is 12.2. The first-order valence-corrected chi connectivity index (χ1v) is 7.69. The van der Waals surface area contributed by atoms with Crippen molar-refractivity contribution < 1.29 is 9.66 Å². The predicted molar refractivity (Wildman–Crippen MR) is 77.2 cm³/mol. The van der Waals surface area contributed by atoms with Crippen LogP contribution < -0.4 is 5.32 Å². The third kappa shape index (κ3) is 4.04. The number of hydrogen-bond acceptors (Lipinski definition) is 7. The van der Waals surface area contributed by atoms with Crippen LogP contribution >= 0.6 is 11.8 Å². The van der Waals surface area contributed by atoms with Crippen LogP contribution in [0.25, 0.3) is 0 Å². The largest absolute Gasteiger partial charge is 0.377 e. The lowest BCUT2D eigenvalue weighted by molar-refractivity contribution is -0.388. The van der Waals surface area contributed by atoms with Gasteiger partial charge in [0.15, 0.2) is 5.03 Å². The molecule has 1 atom stereocenters. The van der Waals surface area contributed by atoms with Crippen LogP contribution in [0.5, 0.6) is 0 Å². The highest BCUT2D eigenvalue weighted by atomic mass is 32.2. The average molecular weight is 298 g/mol. The van der Waals surface area contributed by atoms with Crippen LogP contribution in [0.4, 0.5) is 11.6 Å². The van der Waals surface area contributed by atoms with Gasteiger partial charge in [0.2, 0.25) is 5.95 Å². The molecule has 8 heteroatoms. The van der Waals surface area contributed by atoms with E-state index in [9.17, 15) is 10.1 Å². The normalized spacial score (nSPS) is 18.1. The Labute approximate surface area is 121 Å². The lowest BCUT2D eigenvalue weighted by Crippen LogP contribution is -2.10. The zero-order valence-electron chi connectivity index (χ0n) is 11.4. The number of nitro groups is 1. The first-order chi connectivity index (χ1) is 9.70. The summed E-state index contributed by atoms with van der Waals surface area (Å²) in [5, 5.41) is 14.4. The molecule has 1 N–H and O–H groups in total. The minimum absolute atomic E-state index is 0.0463. The minimum atomic E-state index is -0.443. The molecule has 0 spiro atoms. The van der Waals surface area contributed by atoms with Crippen molar-refractivity contribution in [3.8, 4) is 0 Å². The lowest BCUT2D eigenvalue weighted by atomic mass is 10.3. The fourth-order valence-corrected chi connectivity index (χ4v) is 2.89. The van der Waals surface area contributed by atoms with Crippen LogP contribution in [-0.4, -0.2) is 39.9 Å². The monoisotopic (exact) mass is 298 g/mol. The van der Waals surface area contributed by atoms with Crippen LogP contribution in [0, 0.1) is 10.1 Å². The fourth-order valence-electron chi connectivity index (χ4n) is 1.86. The van der Waals surface area contributed by atoms with Crippen molar-refractivity contribution in [2.45, 2.75) is 37.3 Å². The van der Waals surface area contributed by atoms with Crippen molar-refractivity contribution in [2.24, 2.45) is 0 Å². The van der Waals surface area contributed by atoms with Gasteiger partial charge in [-0.25, -0.2) is 4.98 Å². The van der Waals surface area contributed by atoms with E-state index in [0.717, 1.165) is 32.4 Å². The van der Waals surface area contributed by atoms with E-state index in [1.165, 1.54) is 18.0 Å². The summed E-state index contributed by atoms with van der Waals surface area (Å²) in [5.74, 6) is 1.12. The smallest absolute Gasteiger partial charge is 0.319 e. The number of nitrogens with one attached hydrogen (secondary N) is 1. The SMILES string of the molecule is CCCNc1ncc([N+](=O)[O-])c(SCC2CCCO2)n1. The van der Waals surface area contributed by atoms with Crippen LogP contribution in [0.2, 0.25) is 0 Å². The van der Waals surface area contributed by atoms with Crippen molar-refractivity contribution >= 4 is 23.4 Å². The maximum atomic E-state index is 11.0. The summed E-state index contributed by atoms with van der Waals surface area (Å²) in [6.07, 6.45) is 4.44. The third-order valence-electron chi connectivity index (χ3n) is 2.90. The molecule has 1 aromatic rings. The molecule has 110 valence electrons. The summed E-state index contributed by atoms with van der Waals surface area (Å²) in [6, 6.07) is 0. The van der Waals surface area contributed by atoms with Crippen LogP contribution in [0.3, 0.4) is 0 Å². The molecule has 0 aromatic carbocycles. The molecule has 1 saturated heterocycles. The maximum Gasteiger partial charge on any atom is 0.319 e. The van der Waals surface area contributed by atoms with Gasteiger partial charge in [-0.2, -0.15) is 4.98 Å². The van der Waals surface area contributed by atoms with Gasteiger partial charge in [0.25, 0.3) is 0 Å². The number of rotatable bonds is 7. The van der Waals surface area contributed by atoms with Gasteiger partial charge in [-0.3, -0.25) is 10.1 Å². The second kappa shape index (κ2) is 7.39. The van der Waals surface area contributed by atoms with Crippen molar-refractivity contribution in [3.05, 3.63) is 16.3 Å². The first kappa shape index (κ1) is 15.0. The highest BCUT2D eigenvalue weighted by Crippen LogP contribution is 2.29. The van der Waals surface area contributed by atoms with Crippen LogP contribution in [0.15, 0.2) is 11.2 Å². The summed E-state index contributed by atoms with van der Waals surface area (Å²) >= 11 is 1.36. The Morgan fingerprint density at radius 2 is 2.50 bits per heavy atom. The Hall–Kier alpha value is -1.41. The number of nitrogens with zero attached hydrogens (tertiary/aromatic N) is 3. The second-order valence-corrected chi connectivity index (χ2v) is 5.52. The minimum Gasteiger partial charge on any atom is -0.377 e. The molecular formula is C12H18N4O3S. The Kier molecular flexibility index (Phi) is 5.54. The molecule has 1 aliphatic heterocycles. The highest BCUT2D eigenvalue weighted by molar-refractivity contribution is 7.99. The van der Waals surface area contributed by atoms with Gasteiger partial charge in [0, 0.05) is 18.9 Å². The van der Waals surface area contributed by atoms with E-state index < -0.39 is 4.92 Å². The molecule has 7 nitrogen and oxygen atoms in total. The van der Waals surface area contributed by atoms with Gasteiger partial charge in [0.1, 0.15) is 6.20 Å². The number of aromatic nitrogens is 2. The summed E-state index contributed by atoms with van der Waals surface area (Å²) in [4.78, 5) is 18.8. The quantitative estimate of drug-likeness (QED) is 0.358. The van der Waals surface area contributed by atoms with Crippen LogP contribution in [0.1, 0.15) is 26.2 Å². The molecule has 1 unspecified atom stereocenters. The van der Waals surface area contributed by atoms with Crippen molar-refractivity contribution in [1.29, 1.82) is 0 Å². The van der Waals surface area contributed by atoms with Crippen LogP contribution in [-0.2, 0) is 4.74 Å². The molecule has 2 heterocycles. The van der Waals surface area contributed by atoms with Gasteiger partial charge in [0.05, 0.1) is 11.0 Å². The van der Waals surface area contributed by atoms with E-state index in [2.05, 4.69) is 15.3 Å².